The Morgan fingerprint density at radius 1 is 1.42 bits per heavy atom. The van der Waals surface area contributed by atoms with Crippen molar-refractivity contribution in [3.05, 3.63) is 11.7 Å². The van der Waals surface area contributed by atoms with Crippen molar-refractivity contribution in [2.24, 2.45) is 0 Å². The summed E-state index contributed by atoms with van der Waals surface area (Å²) in [5.74, 6) is -0.113. The fourth-order valence-electron chi connectivity index (χ4n) is 1.67. The first-order chi connectivity index (χ1) is 9.02. The van der Waals surface area contributed by atoms with E-state index in [1.54, 1.807) is 14.0 Å². The smallest absolute Gasteiger partial charge is 0.318 e. The lowest BCUT2D eigenvalue weighted by atomic mass is 10.0. The molecule has 0 saturated carbocycles. The van der Waals surface area contributed by atoms with Gasteiger partial charge in [-0.25, -0.2) is 0 Å². The Balaban J connectivity index is 2.97. The van der Waals surface area contributed by atoms with Crippen LogP contribution in [0.5, 0.6) is 0 Å². The predicted octanol–water partition coefficient (Wildman–Crippen LogP) is 2.40. The Hall–Kier alpha value is -1.43. The molecule has 0 N–H and O–H groups in total. The number of esters is 1. The molecule has 0 radical (unpaired) electrons. The molecule has 0 aliphatic heterocycles. The predicted molar refractivity (Wildman–Crippen MR) is 68.6 cm³/mol. The number of hydrogen-bond donors (Lipinski definition) is 0. The minimum Gasteiger partial charge on any atom is -0.465 e. The lowest BCUT2D eigenvalue weighted by Gasteiger charge is -2.21. The van der Waals surface area contributed by atoms with Crippen LogP contribution in [0, 0.1) is 0 Å². The highest BCUT2D eigenvalue weighted by Gasteiger charge is 2.33. The summed E-state index contributed by atoms with van der Waals surface area (Å²) in [4.78, 5) is 16.1. The molecular weight excluding hydrogens is 248 g/mol. The van der Waals surface area contributed by atoms with Gasteiger partial charge in [-0.05, 0) is 26.7 Å². The number of carbonyl (C=O) groups excluding carboxylic acids is 1. The standard InChI is InChI=1S/C13H22N2O4/c1-6-9(11(16)18-8-3)10-14-12(15-19-10)13(4,7-2)17-5/h9H,6-8H2,1-5H3. The van der Waals surface area contributed by atoms with Gasteiger partial charge in [-0.15, -0.1) is 0 Å². The Bertz CT molecular complexity index is 413. The molecule has 108 valence electrons. The topological polar surface area (TPSA) is 74.5 Å². The van der Waals surface area contributed by atoms with E-state index in [-0.39, 0.29) is 11.9 Å². The molecule has 6 nitrogen and oxygen atoms in total. The Morgan fingerprint density at radius 3 is 2.58 bits per heavy atom. The van der Waals surface area contributed by atoms with Gasteiger partial charge < -0.3 is 14.0 Å². The highest BCUT2D eigenvalue weighted by Crippen LogP contribution is 2.28. The second-order valence-electron chi connectivity index (χ2n) is 4.46. The SMILES string of the molecule is CCOC(=O)C(CC)c1nc(C(C)(CC)OC)no1. The summed E-state index contributed by atoms with van der Waals surface area (Å²) in [6, 6.07) is 0. The number of methoxy groups -OCH3 is 1. The molecule has 1 heterocycles. The summed E-state index contributed by atoms with van der Waals surface area (Å²) < 4.78 is 15.6. The molecule has 1 aromatic rings. The third-order valence-electron chi connectivity index (χ3n) is 3.32. The second-order valence-corrected chi connectivity index (χ2v) is 4.46. The van der Waals surface area contributed by atoms with Crippen LogP contribution in [0.15, 0.2) is 4.52 Å². The summed E-state index contributed by atoms with van der Waals surface area (Å²) in [5.41, 5.74) is -0.602. The number of aromatic nitrogens is 2. The fourth-order valence-corrected chi connectivity index (χ4v) is 1.67. The van der Waals surface area contributed by atoms with Gasteiger partial charge in [-0.1, -0.05) is 19.0 Å². The molecule has 0 aromatic carbocycles. The third kappa shape index (κ3) is 3.32. The summed E-state index contributed by atoms with van der Waals surface area (Å²) in [7, 11) is 1.60. The Morgan fingerprint density at radius 2 is 2.11 bits per heavy atom. The summed E-state index contributed by atoms with van der Waals surface area (Å²) >= 11 is 0. The van der Waals surface area contributed by atoms with Crippen molar-refractivity contribution in [3.8, 4) is 0 Å². The molecular formula is C13H22N2O4. The van der Waals surface area contributed by atoms with Gasteiger partial charge in [0.2, 0.25) is 11.7 Å². The van der Waals surface area contributed by atoms with E-state index >= 15 is 0 Å². The molecule has 2 unspecified atom stereocenters. The van der Waals surface area contributed by atoms with Crippen LogP contribution >= 0.6 is 0 Å². The molecule has 1 aromatic heterocycles. The summed E-state index contributed by atoms with van der Waals surface area (Å²) in [5, 5.41) is 3.92. The van der Waals surface area contributed by atoms with Crippen LogP contribution in [0.2, 0.25) is 0 Å². The van der Waals surface area contributed by atoms with E-state index in [4.69, 9.17) is 14.0 Å². The maximum Gasteiger partial charge on any atom is 0.318 e. The van der Waals surface area contributed by atoms with Crippen LogP contribution < -0.4 is 0 Å². The largest absolute Gasteiger partial charge is 0.465 e. The highest BCUT2D eigenvalue weighted by molar-refractivity contribution is 5.76. The molecule has 0 amide bonds. The number of hydrogen-bond acceptors (Lipinski definition) is 6. The molecule has 0 spiro atoms. The van der Waals surface area contributed by atoms with E-state index < -0.39 is 11.5 Å². The van der Waals surface area contributed by atoms with E-state index in [1.165, 1.54) is 0 Å². The van der Waals surface area contributed by atoms with E-state index in [1.807, 2.05) is 20.8 Å². The molecule has 6 heteroatoms. The van der Waals surface area contributed by atoms with E-state index in [9.17, 15) is 4.79 Å². The quantitative estimate of drug-likeness (QED) is 0.708. The van der Waals surface area contributed by atoms with Crippen LogP contribution in [-0.2, 0) is 19.9 Å². The van der Waals surface area contributed by atoms with E-state index in [0.29, 0.717) is 25.3 Å². The van der Waals surface area contributed by atoms with Crippen LogP contribution in [0.25, 0.3) is 0 Å². The van der Waals surface area contributed by atoms with Gasteiger partial charge in [-0.3, -0.25) is 4.79 Å². The Labute approximate surface area is 113 Å². The minimum atomic E-state index is -0.602. The van der Waals surface area contributed by atoms with Crippen molar-refractivity contribution in [3.63, 3.8) is 0 Å². The number of ether oxygens (including phenoxy) is 2. The number of rotatable bonds is 7. The van der Waals surface area contributed by atoms with Crippen molar-refractivity contribution < 1.29 is 18.8 Å². The monoisotopic (exact) mass is 270 g/mol. The zero-order valence-corrected chi connectivity index (χ0v) is 12.2. The van der Waals surface area contributed by atoms with Gasteiger partial charge in [0, 0.05) is 7.11 Å². The molecule has 0 saturated heterocycles. The van der Waals surface area contributed by atoms with Crippen molar-refractivity contribution in [1.29, 1.82) is 0 Å². The first-order valence-corrected chi connectivity index (χ1v) is 6.58. The van der Waals surface area contributed by atoms with Crippen molar-refractivity contribution >= 4 is 5.97 Å². The molecule has 0 fully saturated rings. The van der Waals surface area contributed by atoms with Crippen LogP contribution in [0.4, 0.5) is 0 Å². The first kappa shape index (κ1) is 15.6. The zero-order valence-electron chi connectivity index (χ0n) is 12.2. The minimum absolute atomic E-state index is 0.285. The maximum atomic E-state index is 11.8. The third-order valence-corrected chi connectivity index (χ3v) is 3.32. The average molecular weight is 270 g/mol. The average Bonchev–Trinajstić information content (AvgIpc) is 2.89. The first-order valence-electron chi connectivity index (χ1n) is 6.58. The van der Waals surface area contributed by atoms with Gasteiger partial charge in [0.25, 0.3) is 0 Å². The van der Waals surface area contributed by atoms with Crippen molar-refractivity contribution in [2.45, 2.75) is 52.1 Å². The molecule has 0 aliphatic rings. The summed E-state index contributed by atoms with van der Waals surface area (Å²) in [6.07, 6.45) is 1.26. The summed E-state index contributed by atoms with van der Waals surface area (Å²) in [6.45, 7) is 7.83. The highest BCUT2D eigenvalue weighted by atomic mass is 16.5. The van der Waals surface area contributed by atoms with Crippen molar-refractivity contribution in [2.75, 3.05) is 13.7 Å². The Kier molecular flexibility index (Phi) is 5.47. The fraction of sp³-hybridized carbons (Fsp3) is 0.769. The number of nitrogens with zero attached hydrogens (tertiary/aromatic N) is 2. The van der Waals surface area contributed by atoms with Crippen molar-refractivity contribution in [1.82, 2.24) is 10.1 Å². The molecule has 0 bridgehead atoms. The molecule has 19 heavy (non-hydrogen) atoms. The van der Waals surface area contributed by atoms with Gasteiger partial charge in [0.05, 0.1) is 6.61 Å². The normalized spacial score (nSPS) is 15.8. The van der Waals surface area contributed by atoms with Crippen LogP contribution in [-0.4, -0.2) is 29.8 Å². The van der Waals surface area contributed by atoms with Gasteiger partial charge in [0.15, 0.2) is 0 Å². The van der Waals surface area contributed by atoms with E-state index in [2.05, 4.69) is 10.1 Å². The molecule has 0 aliphatic carbocycles. The molecule has 2 atom stereocenters. The van der Waals surface area contributed by atoms with Gasteiger partial charge >= 0.3 is 5.97 Å². The number of carbonyl (C=O) groups is 1. The lowest BCUT2D eigenvalue weighted by Crippen LogP contribution is -2.25. The van der Waals surface area contributed by atoms with Crippen LogP contribution in [0.3, 0.4) is 0 Å². The van der Waals surface area contributed by atoms with Gasteiger partial charge in [-0.2, -0.15) is 4.98 Å². The lowest BCUT2D eigenvalue weighted by molar-refractivity contribution is -0.145. The molecule has 1 rings (SSSR count). The zero-order chi connectivity index (χ0) is 14.5. The second kappa shape index (κ2) is 6.65. The van der Waals surface area contributed by atoms with E-state index in [0.717, 1.165) is 0 Å². The van der Waals surface area contributed by atoms with Crippen LogP contribution in [0.1, 0.15) is 58.2 Å². The van der Waals surface area contributed by atoms with Gasteiger partial charge in [0.1, 0.15) is 11.5 Å². The maximum absolute atomic E-state index is 11.8.